The van der Waals surface area contributed by atoms with E-state index >= 15 is 0 Å². The number of piperazine rings is 1. The SMILES string of the molecule is CCOC(=O)C1CN(C)CCN1C1CCN(C)CC1. The van der Waals surface area contributed by atoms with Gasteiger partial charge in [-0.05, 0) is 47.0 Å². The molecule has 2 rings (SSSR count). The van der Waals surface area contributed by atoms with Crippen molar-refractivity contribution in [2.24, 2.45) is 0 Å². The number of likely N-dealkylation sites (N-methyl/N-ethyl adjacent to an activating group) is 1. The van der Waals surface area contributed by atoms with Crippen molar-refractivity contribution in [1.82, 2.24) is 14.7 Å². The van der Waals surface area contributed by atoms with Crippen LogP contribution in [0.15, 0.2) is 0 Å². The molecule has 2 fully saturated rings. The molecule has 19 heavy (non-hydrogen) atoms. The molecule has 110 valence electrons. The maximum absolute atomic E-state index is 12.2. The standard InChI is InChI=1S/C14H27N3O2/c1-4-19-14(18)13-11-16(3)9-10-17(13)12-5-7-15(2)8-6-12/h12-13H,4-11H2,1-3H3. The molecular formula is C14H27N3O2. The normalized spacial score (nSPS) is 28.5. The molecule has 0 saturated carbocycles. The van der Waals surface area contributed by atoms with Crippen molar-refractivity contribution < 1.29 is 9.53 Å². The number of hydrogen-bond acceptors (Lipinski definition) is 5. The third-order valence-electron chi connectivity index (χ3n) is 4.34. The van der Waals surface area contributed by atoms with E-state index in [4.69, 9.17) is 4.74 Å². The van der Waals surface area contributed by atoms with E-state index in [0.29, 0.717) is 12.6 Å². The average molecular weight is 269 g/mol. The fraction of sp³-hybridized carbons (Fsp3) is 0.929. The number of likely N-dealkylation sites (tertiary alicyclic amines) is 1. The molecule has 5 nitrogen and oxygen atoms in total. The van der Waals surface area contributed by atoms with Gasteiger partial charge in [0.15, 0.2) is 0 Å². The summed E-state index contributed by atoms with van der Waals surface area (Å²) in [7, 11) is 4.25. The minimum atomic E-state index is -0.0768. The van der Waals surface area contributed by atoms with Crippen molar-refractivity contribution in [2.45, 2.75) is 31.8 Å². The van der Waals surface area contributed by atoms with Gasteiger partial charge in [0.1, 0.15) is 6.04 Å². The summed E-state index contributed by atoms with van der Waals surface area (Å²) < 4.78 is 5.25. The van der Waals surface area contributed by atoms with Gasteiger partial charge in [0.05, 0.1) is 6.61 Å². The van der Waals surface area contributed by atoms with E-state index < -0.39 is 0 Å². The number of rotatable bonds is 3. The fourth-order valence-corrected chi connectivity index (χ4v) is 3.15. The Kier molecular flexibility index (Phi) is 5.19. The van der Waals surface area contributed by atoms with Crippen LogP contribution in [-0.4, -0.2) is 86.2 Å². The molecule has 1 atom stereocenters. The van der Waals surface area contributed by atoms with Crippen LogP contribution >= 0.6 is 0 Å². The zero-order valence-electron chi connectivity index (χ0n) is 12.5. The van der Waals surface area contributed by atoms with E-state index in [1.807, 2.05) is 6.92 Å². The first-order valence-electron chi connectivity index (χ1n) is 7.41. The predicted molar refractivity (Wildman–Crippen MR) is 75.1 cm³/mol. The number of hydrogen-bond donors (Lipinski definition) is 0. The molecular weight excluding hydrogens is 242 g/mol. The van der Waals surface area contributed by atoms with Gasteiger partial charge in [-0.1, -0.05) is 0 Å². The lowest BCUT2D eigenvalue weighted by molar-refractivity contribution is -0.153. The number of carbonyl (C=O) groups excluding carboxylic acids is 1. The number of carbonyl (C=O) groups is 1. The zero-order chi connectivity index (χ0) is 13.8. The van der Waals surface area contributed by atoms with Crippen LogP contribution in [0.25, 0.3) is 0 Å². The Labute approximate surface area is 116 Å². The zero-order valence-corrected chi connectivity index (χ0v) is 12.5. The van der Waals surface area contributed by atoms with Crippen LogP contribution in [-0.2, 0) is 9.53 Å². The van der Waals surface area contributed by atoms with Gasteiger partial charge in [0.2, 0.25) is 0 Å². The largest absolute Gasteiger partial charge is 0.465 e. The van der Waals surface area contributed by atoms with Crippen molar-refractivity contribution >= 4 is 5.97 Å². The first-order valence-corrected chi connectivity index (χ1v) is 7.41. The van der Waals surface area contributed by atoms with E-state index in [1.165, 1.54) is 0 Å². The highest BCUT2D eigenvalue weighted by Gasteiger charge is 2.37. The molecule has 2 saturated heterocycles. The predicted octanol–water partition coefficient (Wildman–Crippen LogP) is 0.260. The number of esters is 1. The molecule has 0 bridgehead atoms. The smallest absolute Gasteiger partial charge is 0.324 e. The summed E-state index contributed by atoms with van der Waals surface area (Å²) in [6, 6.07) is 0.464. The second-order valence-electron chi connectivity index (χ2n) is 5.80. The lowest BCUT2D eigenvalue weighted by Crippen LogP contribution is -2.60. The van der Waals surface area contributed by atoms with Gasteiger partial charge in [-0.3, -0.25) is 9.69 Å². The van der Waals surface area contributed by atoms with Crippen LogP contribution < -0.4 is 0 Å². The summed E-state index contributed by atoms with van der Waals surface area (Å²) >= 11 is 0. The van der Waals surface area contributed by atoms with Crippen LogP contribution in [0.4, 0.5) is 0 Å². The van der Waals surface area contributed by atoms with Crippen LogP contribution in [0.5, 0.6) is 0 Å². The quantitative estimate of drug-likeness (QED) is 0.687. The van der Waals surface area contributed by atoms with E-state index in [2.05, 4.69) is 28.8 Å². The van der Waals surface area contributed by atoms with Gasteiger partial charge in [-0.25, -0.2) is 0 Å². The van der Waals surface area contributed by atoms with E-state index in [0.717, 1.165) is 45.6 Å². The summed E-state index contributed by atoms with van der Waals surface area (Å²) in [6.07, 6.45) is 2.33. The molecule has 0 aromatic heterocycles. The lowest BCUT2D eigenvalue weighted by Gasteiger charge is -2.45. The minimum Gasteiger partial charge on any atom is -0.465 e. The molecule has 0 aliphatic carbocycles. The van der Waals surface area contributed by atoms with E-state index in [9.17, 15) is 4.79 Å². The highest BCUT2D eigenvalue weighted by Crippen LogP contribution is 2.21. The van der Waals surface area contributed by atoms with Gasteiger partial charge < -0.3 is 14.5 Å². The monoisotopic (exact) mass is 269 g/mol. The van der Waals surface area contributed by atoms with Crippen LogP contribution in [0.1, 0.15) is 19.8 Å². The molecule has 0 radical (unpaired) electrons. The summed E-state index contributed by atoms with van der Waals surface area (Å²) in [5.74, 6) is -0.0482. The minimum absolute atomic E-state index is 0.0482. The Morgan fingerprint density at radius 2 is 1.79 bits per heavy atom. The third-order valence-corrected chi connectivity index (χ3v) is 4.34. The summed E-state index contributed by atoms with van der Waals surface area (Å²) in [5, 5.41) is 0. The van der Waals surface area contributed by atoms with Crippen molar-refractivity contribution in [3.05, 3.63) is 0 Å². The topological polar surface area (TPSA) is 36.0 Å². The Bertz CT molecular complexity index is 303. The lowest BCUT2D eigenvalue weighted by atomic mass is 9.99. The molecule has 0 spiro atoms. The summed E-state index contributed by atoms with van der Waals surface area (Å²) in [4.78, 5) is 19.2. The van der Waals surface area contributed by atoms with Crippen LogP contribution in [0.2, 0.25) is 0 Å². The average Bonchev–Trinajstić information content (AvgIpc) is 2.40. The summed E-state index contributed by atoms with van der Waals surface area (Å²) in [5.41, 5.74) is 0. The first kappa shape index (κ1) is 14.8. The second-order valence-corrected chi connectivity index (χ2v) is 5.80. The fourth-order valence-electron chi connectivity index (χ4n) is 3.15. The van der Waals surface area contributed by atoms with Crippen molar-refractivity contribution in [3.8, 4) is 0 Å². The molecule has 2 heterocycles. The maximum atomic E-state index is 12.2. The molecule has 2 aliphatic rings. The van der Waals surface area contributed by atoms with Gasteiger partial charge in [-0.2, -0.15) is 0 Å². The van der Waals surface area contributed by atoms with Gasteiger partial charge in [0.25, 0.3) is 0 Å². The number of nitrogens with zero attached hydrogens (tertiary/aromatic N) is 3. The Balaban J connectivity index is 2.01. The molecule has 0 amide bonds. The second kappa shape index (κ2) is 6.68. The maximum Gasteiger partial charge on any atom is 0.324 e. The van der Waals surface area contributed by atoms with Crippen molar-refractivity contribution in [2.75, 3.05) is 53.4 Å². The number of piperidine rings is 1. The van der Waals surface area contributed by atoms with Crippen LogP contribution in [0.3, 0.4) is 0 Å². The molecule has 2 aliphatic heterocycles. The highest BCUT2D eigenvalue weighted by atomic mass is 16.5. The van der Waals surface area contributed by atoms with Crippen molar-refractivity contribution in [1.29, 1.82) is 0 Å². The Hall–Kier alpha value is -0.650. The first-order chi connectivity index (χ1) is 9.11. The van der Waals surface area contributed by atoms with E-state index in [1.54, 1.807) is 0 Å². The van der Waals surface area contributed by atoms with E-state index in [-0.39, 0.29) is 12.0 Å². The molecule has 5 heteroatoms. The molecule has 0 aromatic rings. The Morgan fingerprint density at radius 1 is 1.11 bits per heavy atom. The van der Waals surface area contributed by atoms with Crippen molar-refractivity contribution in [3.63, 3.8) is 0 Å². The molecule has 1 unspecified atom stereocenters. The summed E-state index contributed by atoms with van der Waals surface area (Å²) in [6.45, 7) is 7.44. The van der Waals surface area contributed by atoms with Gasteiger partial charge in [-0.15, -0.1) is 0 Å². The van der Waals surface area contributed by atoms with Gasteiger partial charge in [0, 0.05) is 25.7 Å². The third kappa shape index (κ3) is 3.68. The van der Waals surface area contributed by atoms with Crippen LogP contribution in [0, 0.1) is 0 Å². The van der Waals surface area contributed by atoms with Gasteiger partial charge >= 0.3 is 5.97 Å². The molecule has 0 aromatic carbocycles. The Morgan fingerprint density at radius 3 is 2.42 bits per heavy atom. The highest BCUT2D eigenvalue weighted by molar-refractivity contribution is 5.76. The number of ether oxygens (including phenoxy) is 1. The molecule has 0 N–H and O–H groups in total.